The van der Waals surface area contributed by atoms with E-state index in [-0.39, 0.29) is 66.7 Å². The maximum absolute atomic E-state index is 13.3. The average Bonchev–Trinajstić information content (AvgIpc) is 3.31. The van der Waals surface area contributed by atoms with E-state index in [1.165, 1.54) is 25.3 Å². The molecule has 1 aromatic rings. The molecule has 1 saturated heterocycles. The third kappa shape index (κ3) is 14.1. The number of benzene rings is 1. The Labute approximate surface area is 265 Å². The molecule has 45 heavy (non-hydrogen) atoms. The van der Waals surface area contributed by atoms with E-state index in [2.05, 4.69) is 10.0 Å². The fraction of sp³-hybridized carbons (Fsp3) is 0.630. The van der Waals surface area contributed by atoms with Gasteiger partial charge in [0.05, 0.1) is 48.7 Å². The van der Waals surface area contributed by atoms with Gasteiger partial charge in [-0.15, -0.1) is 0 Å². The summed E-state index contributed by atoms with van der Waals surface area (Å²) in [6.07, 6.45) is -2.03. The summed E-state index contributed by atoms with van der Waals surface area (Å²) in [6, 6.07) is 3.72. The van der Waals surface area contributed by atoms with Crippen LogP contribution in [0.3, 0.4) is 0 Å². The van der Waals surface area contributed by atoms with E-state index >= 15 is 0 Å². The Morgan fingerprint density at radius 1 is 1.00 bits per heavy atom. The van der Waals surface area contributed by atoms with E-state index in [4.69, 9.17) is 45.7 Å². The molecule has 1 unspecified atom stereocenters. The summed E-state index contributed by atoms with van der Waals surface area (Å²) in [5.41, 5.74) is 8.19. The number of Topliss-reactive ketones (excluding diaryl/α,β-unsaturated/α-hetero) is 1. The number of hydrogen-bond acceptors (Lipinski definition) is 13. The zero-order valence-corrected chi connectivity index (χ0v) is 26.5. The first-order valence-electron chi connectivity index (χ1n) is 14.1. The third-order valence-electron chi connectivity index (χ3n) is 6.15. The summed E-state index contributed by atoms with van der Waals surface area (Å²) in [6.45, 7) is 2.39. The number of nitrogens with zero attached hydrogens (tertiary/aromatic N) is 4. The highest BCUT2D eigenvalue weighted by atomic mass is 35.5. The van der Waals surface area contributed by atoms with Crippen LogP contribution in [-0.2, 0) is 47.9 Å². The summed E-state index contributed by atoms with van der Waals surface area (Å²) in [5, 5.41) is 3.72. The van der Waals surface area contributed by atoms with E-state index in [1.54, 1.807) is 0 Å². The number of azide groups is 1. The van der Waals surface area contributed by atoms with Crippen molar-refractivity contribution >= 4 is 45.2 Å². The maximum Gasteiger partial charge on any atom is 0.534 e. The van der Waals surface area contributed by atoms with Crippen molar-refractivity contribution in [1.29, 1.82) is 0 Å². The van der Waals surface area contributed by atoms with Crippen molar-refractivity contribution in [2.75, 3.05) is 65.7 Å². The highest BCUT2D eigenvalue weighted by molar-refractivity contribution is 7.91. The molecule has 2 amide bonds. The van der Waals surface area contributed by atoms with Crippen LogP contribution in [0.15, 0.2) is 28.2 Å². The zero-order valence-electron chi connectivity index (χ0n) is 24.9. The van der Waals surface area contributed by atoms with Gasteiger partial charge in [0.15, 0.2) is 15.6 Å². The molecule has 2 rings (SSSR count). The predicted octanol–water partition coefficient (Wildman–Crippen LogP) is 3.45. The molecule has 1 aliphatic rings. The number of imide groups is 1. The number of sulfone groups is 1. The first-order chi connectivity index (χ1) is 21.6. The van der Waals surface area contributed by atoms with Crippen molar-refractivity contribution in [2.45, 2.75) is 49.5 Å². The van der Waals surface area contributed by atoms with E-state index in [1.807, 2.05) is 0 Å². The summed E-state index contributed by atoms with van der Waals surface area (Å²) >= 11 is 6.21. The summed E-state index contributed by atoms with van der Waals surface area (Å²) in [4.78, 5) is 55.7. The Bertz CT molecular complexity index is 1290. The lowest BCUT2D eigenvalue weighted by Gasteiger charge is -2.19. The minimum absolute atomic E-state index is 0.0175. The molecular formula is C27H37ClN4O12S. The van der Waals surface area contributed by atoms with Gasteiger partial charge < -0.3 is 23.7 Å². The molecule has 0 aromatic heterocycles. The topological polar surface area (TPSA) is 210 Å². The Hall–Kier alpha value is -3.31. The monoisotopic (exact) mass is 676 g/mol. The van der Waals surface area contributed by atoms with Gasteiger partial charge in [0.25, 0.3) is 11.8 Å². The van der Waals surface area contributed by atoms with Gasteiger partial charge in [0.2, 0.25) is 0 Å². The van der Waals surface area contributed by atoms with Crippen LogP contribution in [0.25, 0.3) is 10.4 Å². The Morgan fingerprint density at radius 2 is 1.64 bits per heavy atom. The zero-order chi connectivity index (χ0) is 33.1. The maximum atomic E-state index is 13.3. The van der Waals surface area contributed by atoms with Crippen LogP contribution in [0.2, 0.25) is 5.02 Å². The lowest BCUT2D eigenvalue weighted by molar-refractivity contribution is -0.178. The Kier molecular flexibility index (Phi) is 17.4. The van der Waals surface area contributed by atoms with Gasteiger partial charge in [-0.25, -0.2) is 13.2 Å². The molecule has 0 saturated carbocycles. The number of rotatable bonds is 23. The predicted molar refractivity (Wildman–Crippen MR) is 157 cm³/mol. The molecule has 0 spiro atoms. The number of hydrogen-bond donors (Lipinski definition) is 0. The number of carbonyl (C=O) groups excluding carboxylic acids is 4. The first-order valence-corrected chi connectivity index (χ1v) is 16.1. The van der Waals surface area contributed by atoms with Crippen molar-refractivity contribution in [1.82, 2.24) is 5.06 Å². The number of carbonyl (C=O) groups is 4. The second-order valence-corrected chi connectivity index (χ2v) is 12.0. The molecule has 18 heteroatoms. The van der Waals surface area contributed by atoms with Crippen molar-refractivity contribution < 1.29 is 56.1 Å². The smallest absolute Gasteiger partial charge is 0.428 e. The van der Waals surface area contributed by atoms with Crippen LogP contribution >= 0.6 is 11.6 Å². The minimum Gasteiger partial charge on any atom is -0.428 e. The minimum atomic E-state index is -4.11. The molecule has 1 atom stereocenters. The van der Waals surface area contributed by atoms with Gasteiger partial charge in [0, 0.05) is 56.6 Å². The van der Waals surface area contributed by atoms with E-state index in [0.717, 1.165) is 0 Å². The van der Waals surface area contributed by atoms with Gasteiger partial charge in [0.1, 0.15) is 6.10 Å². The first kappa shape index (κ1) is 37.9. The average molecular weight is 677 g/mol. The van der Waals surface area contributed by atoms with E-state index < -0.39 is 39.7 Å². The van der Waals surface area contributed by atoms with Crippen molar-refractivity contribution in [2.24, 2.45) is 5.11 Å². The Morgan fingerprint density at radius 3 is 2.29 bits per heavy atom. The number of ether oxygens (including phenoxy) is 5. The molecular weight excluding hydrogens is 640 g/mol. The highest BCUT2D eigenvalue weighted by Gasteiger charge is 2.35. The van der Waals surface area contributed by atoms with E-state index in [0.29, 0.717) is 50.9 Å². The normalized spacial score (nSPS) is 13.9. The molecule has 1 aliphatic heterocycles. The molecule has 1 heterocycles. The molecule has 0 aliphatic carbocycles. The Balaban J connectivity index is 1.87. The van der Waals surface area contributed by atoms with Gasteiger partial charge in [-0.1, -0.05) is 21.8 Å². The molecule has 1 aromatic carbocycles. The second kappa shape index (κ2) is 20.7. The van der Waals surface area contributed by atoms with Crippen molar-refractivity contribution in [3.05, 3.63) is 39.2 Å². The number of methoxy groups -OCH3 is 1. The summed E-state index contributed by atoms with van der Waals surface area (Å²) in [7, 11) is -2.66. The summed E-state index contributed by atoms with van der Waals surface area (Å²) < 4.78 is 52.7. The molecule has 0 N–H and O–H groups in total. The van der Waals surface area contributed by atoms with Crippen molar-refractivity contribution in [3.8, 4) is 0 Å². The molecule has 1 fully saturated rings. The van der Waals surface area contributed by atoms with Gasteiger partial charge in [-0.3, -0.25) is 19.2 Å². The van der Waals surface area contributed by atoms with Gasteiger partial charge in [-0.2, -0.15) is 0 Å². The molecule has 0 bridgehead atoms. The SMILES string of the molecule is COCCCC(CS(=O)(=O)c1ccc(Cl)c(C(=O)CCCOCCOCCOCCN=[N+]=[N-])c1)OC(=O)ON1C(=O)CCC1=O. The largest absolute Gasteiger partial charge is 0.534 e. The number of amides is 2. The van der Waals surface area contributed by atoms with Crippen LogP contribution in [-0.4, -0.2) is 109 Å². The second-order valence-electron chi connectivity index (χ2n) is 9.54. The molecule has 250 valence electrons. The number of ketones is 1. The molecule has 0 radical (unpaired) electrons. The van der Waals surface area contributed by atoms with Crippen LogP contribution in [0.5, 0.6) is 0 Å². The number of halogens is 1. The fourth-order valence-corrected chi connectivity index (χ4v) is 5.65. The quantitative estimate of drug-likeness (QED) is 0.0310. The number of hydroxylamine groups is 2. The standard InChI is InChI=1S/C27H37ClN4O12S/c1-39-11-2-4-20(43-27(36)44-32-25(34)8-9-26(32)35)19-45(37,38)21-6-7-23(28)22(18-21)24(33)5-3-12-40-14-16-42-17-15-41-13-10-30-31-29/h6-7,18,20H,2-5,8-17,19H2,1H3. The lowest BCUT2D eigenvalue weighted by atomic mass is 10.1. The van der Waals surface area contributed by atoms with Crippen molar-refractivity contribution in [3.63, 3.8) is 0 Å². The van der Waals surface area contributed by atoms with Crippen LogP contribution in [0, 0.1) is 0 Å². The van der Waals surface area contributed by atoms with Crippen LogP contribution in [0.1, 0.15) is 48.9 Å². The lowest BCUT2D eigenvalue weighted by Crippen LogP contribution is -2.35. The summed E-state index contributed by atoms with van der Waals surface area (Å²) in [5.74, 6) is -2.47. The van der Waals surface area contributed by atoms with Gasteiger partial charge in [-0.05, 0) is 43.0 Å². The highest BCUT2D eigenvalue weighted by Crippen LogP contribution is 2.25. The van der Waals surface area contributed by atoms with E-state index in [9.17, 15) is 27.6 Å². The van der Waals surface area contributed by atoms with Crippen LogP contribution < -0.4 is 0 Å². The third-order valence-corrected chi connectivity index (χ3v) is 8.26. The fourth-order valence-electron chi connectivity index (χ4n) is 3.94. The van der Waals surface area contributed by atoms with Gasteiger partial charge >= 0.3 is 6.16 Å². The molecule has 16 nitrogen and oxygen atoms in total. The van der Waals surface area contributed by atoms with Crippen LogP contribution in [0.4, 0.5) is 4.79 Å².